The number of hydrogen-bond donors (Lipinski definition) is 1. The lowest BCUT2D eigenvalue weighted by Gasteiger charge is -2.13. The summed E-state index contributed by atoms with van der Waals surface area (Å²) in [4.78, 5) is 0. The van der Waals surface area contributed by atoms with Gasteiger partial charge < -0.3 is 9.84 Å². The lowest BCUT2D eigenvalue weighted by atomic mass is 10.0. The van der Waals surface area contributed by atoms with Crippen LogP contribution in [0.4, 0.5) is 0 Å². The van der Waals surface area contributed by atoms with E-state index in [4.69, 9.17) is 4.74 Å². The highest BCUT2D eigenvalue weighted by Gasteiger charge is 2.09. The van der Waals surface area contributed by atoms with Crippen LogP contribution in [0.1, 0.15) is 31.9 Å². The molecule has 0 amide bonds. The fourth-order valence-electron chi connectivity index (χ4n) is 2.00. The Bertz CT molecular complexity index is 503. The summed E-state index contributed by atoms with van der Waals surface area (Å²) in [5.74, 6) is 0.895. The topological polar surface area (TPSA) is 29.5 Å². The molecule has 0 aliphatic rings. The Balaban J connectivity index is 2.54. The zero-order chi connectivity index (χ0) is 12.3. The smallest absolute Gasteiger partial charge is 0.127 e. The monoisotopic (exact) mass is 230 g/mol. The van der Waals surface area contributed by atoms with Crippen LogP contribution in [0.3, 0.4) is 0 Å². The predicted molar refractivity (Wildman–Crippen MR) is 70.4 cm³/mol. The van der Waals surface area contributed by atoms with Gasteiger partial charge in [-0.25, -0.2) is 0 Å². The molecule has 2 heteroatoms. The third-order valence-corrected chi connectivity index (χ3v) is 2.83. The second kappa shape index (κ2) is 5.19. The van der Waals surface area contributed by atoms with Gasteiger partial charge in [0.25, 0.3) is 0 Å². The lowest BCUT2D eigenvalue weighted by Crippen LogP contribution is -1.98. The third kappa shape index (κ3) is 2.42. The summed E-state index contributed by atoms with van der Waals surface area (Å²) in [5.41, 5.74) is 0.949. The van der Waals surface area contributed by atoms with Crippen molar-refractivity contribution in [1.29, 1.82) is 0 Å². The Morgan fingerprint density at radius 2 is 1.82 bits per heavy atom. The van der Waals surface area contributed by atoms with Gasteiger partial charge in [-0.3, -0.25) is 0 Å². The van der Waals surface area contributed by atoms with Crippen molar-refractivity contribution in [2.24, 2.45) is 0 Å². The number of aliphatic hydroxyl groups excluding tert-OH is 1. The molecular formula is C15H18O2. The summed E-state index contributed by atoms with van der Waals surface area (Å²) >= 11 is 0. The summed E-state index contributed by atoms with van der Waals surface area (Å²) in [6.07, 6.45) is 0.534. The van der Waals surface area contributed by atoms with Crippen LogP contribution >= 0.6 is 0 Å². The van der Waals surface area contributed by atoms with Gasteiger partial charge in [-0.05, 0) is 30.4 Å². The highest BCUT2D eigenvalue weighted by Crippen LogP contribution is 2.31. The summed E-state index contributed by atoms with van der Waals surface area (Å²) in [7, 11) is 0. The van der Waals surface area contributed by atoms with Crippen LogP contribution in [0.2, 0.25) is 0 Å². The van der Waals surface area contributed by atoms with Crippen LogP contribution in [0.25, 0.3) is 10.8 Å². The number of hydrogen-bond acceptors (Lipinski definition) is 2. The minimum atomic E-state index is -0.458. The van der Waals surface area contributed by atoms with Crippen LogP contribution in [-0.2, 0) is 0 Å². The molecule has 2 aromatic rings. The maximum atomic E-state index is 9.75. The molecule has 1 N–H and O–H groups in total. The average Bonchev–Trinajstić information content (AvgIpc) is 2.35. The van der Waals surface area contributed by atoms with Gasteiger partial charge in [0.2, 0.25) is 0 Å². The first-order valence-electron chi connectivity index (χ1n) is 6.06. The molecule has 90 valence electrons. The van der Waals surface area contributed by atoms with Crippen molar-refractivity contribution in [2.75, 3.05) is 6.61 Å². The summed E-state index contributed by atoms with van der Waals surface area (Å²) in [6, 6.07) is 11.9. The van der Waals surface area contributed by atoms with E-state index >= 15 is 0 Å². The molecule has 0 aliphatic carbocycles. The molecule has 0 bridgehead atoms. The Hall–Kier alpha value is -1.54. The molecule has 1 atom stereocenters. The number of rotatable bonds is 4. The van der Waals surface area contributed by atoms with Crippen molar-refractivity contribution in [2.45, 2.75) is 26.4 Å². The molecule has 0 saturated heterocycles. The molecule has 2 nitrogen and oxygen atoms in total. The quantitative estimate of drug-likeness (QED) is 0.868. The van der Waals surface area contributed by atoms with Gasteiger partial charge in [0.05, 0.1) is 12.7 Å². The lowest BCUT2D eigenvalue weighted by molar-refractivity contribution is 0.201. The van der Waals surface area contributed by atoms with Gasteiger partial charge in [-0.15, -0.1) is 0 Å². The molecule has 0 fully saturated rings. The molecule has 1 unspecified atom stereocenters. The molecule has 0 saturated carbocycles. The Kier molecular flexibility index (Phi) is 3.64. The van der Waals surface area contributed by atoms with E-state index in [9.17, 15) is 5.11 Å². The SMILES string of the molecule is CCCOc1ccc(C(C)O)c2ccccc12. The van der Waals surface area contributed by atoms with E-state index in [1.807, 2.05) is 36.4 Å². The number of fused-ring (bicyclic) bond motifs is 1. The van der Waals surface area contributed by atoms with E-state index in [0.29, 0.717) is 0 Å². The van der Waals surface area contributed by atoms with Crippen molar-refractivity contribution in [1.82, 2.24) is 0 Å². The van der Waals surface area contributed by atoms with Crippen LogP contribution in [-0.4, -0.2) is 11.7 Å². The van der Waals surface area contributed by atoms with Gasteiger partial charge in [-0.2, -0.15) is 0 Å². The standard InChI is InChI=1S/C15H18O2/c1-3-10-17-15-9-8-12(11(2)16)13-6-4-5-7-14(13)15/h4-9,11,16H,3,10H2,1-2H3. The van der Waals surface area contributed by atoms with Crippen LogP contribution < -0.4 is 4.74 Å². The molecule has 0 heterocycles. The number of ether oxygens (including phenoxy) is 1. The summed E-state index contributed by atoms with van der Waals surface area (Å²) in [6.45, 7) is 4.60. The maximum absolute atomic E-state index is 9.75. The number of benzene rings is 2. The molecule has 2 aromatic carbocycles. The van der Waals surface area contributed by atoms with Crippen molar-refractivity contribution >= 4 is 10.8 Å². The molecule has 17 heavy (non-hydrogen) atoms. The molecular weight excluding hydrogens is 212 g/mol. The number of aliphatic hydroxyl groups is 1. The van der Waals surface area contributed by atoms with Crippen LogP contribution in [0, 0.1) is 0 Å². The fourth-order valence-corrected chi connectivity index (χ4v) is 2.00. The highest BCUT2D eigenvalue weighted by atomic mass is 16.5. The Morgan fingerprint density at radius 3 is 2.47 bits per heavy atom. The first-order valence-corrected chi connectivity index (χ1v) is 6.06. The first-order chi connectivity index (χ1) is 8.24. The maximum Gasteiger partial charge on any atom is 0.127 e. The predicted octanol–water partition coefficient (Wildman–Crippen LogP) is 3.68. The van der Waals surface area contributed by atoms with E-state index in [1.54, 1.807) is 6.92 Å². The van der Waals surface area contributed by atoms with Gasteiger partial charge in [0.1, 0.15) is 5.75 Å². The molecule has 2 rings (SSSR count). The first kappa shape index (κ1) is 11.9. The van der Waals surface area contributed by atoms with Gasteiger partial charge in [0.15, 0.2) is 0 Å². The highest BCUT2D eigenvalue weighted by molar-refractivity contribution is 5.91. The third-order valence-electron chi connectivity index (χ3n) is 2.83. The normalized spacial score (nSPS) is 12.6. The molecule has 0 aliphatic heterocycles. The Morgan fingerprint density at radius 1 is 1.12 bits per heavy atom. The zero-order valence-electron chi connectivity index (χ0n) is 10.3. The summed E-state index contributed by atoms with van der Waals surface area (Å²) in [5, 5.41) is 11.9. The van der Waals surface area contributed by atoms with Crippen molar-refractivity contribution in [3.63, 3.8) is 0 Å². The average molecular weight is 230 g/mol. The van der Waals surface area contributed by atoms with Crippen molar-refractivity contribution < 1.29 is 9.84 Å². The van der Waals surface area contributed by atoms with E-state index in [1.165, 1.54) is 0 Å². The van der Waals surface area contributed by atoms with Crippen molar-refractivity contribution in [3.05, 3.63) is 42.0 Å². The van der Waals surface area contributed by atoms with Crippen LogP contribution in [0.5, 0.6) is 5.75 Å². The van der Waals surface area contributed by atoms with E-state index < -0.39 is 6.10 Å². The second-order valence-corrected chi connectivity index (χ2v) is 4.22. The van der Waals surface area contributed by atoms with E-state index in [-0.39, 0.29) is 0 Å². The van der Waals surface area contributed by atoms with Gasteiger partial charge >= 0.3 is 0 Å². The second-order valence-electron chi connectivity index (χ2n) is 4.22. The minimum Gasteiger partial charge on any atom is -0.493 e. The minimum absolute atomic E-state index is 0.458. The van der Waals surface area contributed by atoms with Gasteiger partial charge in [-0.1, -0.05) is 37.3 Å². The zero-order valence-corrected chi connectivity index (χ0v) is 10.3. The van der Waals surface area contributed by atoms with Crippen molar-refractivity contribution in [3.8, 4) is 5.75 Å². The van der Waals surface area contributed by atoms with E-state index in [2.05, 4.69) is 6.92 Å². The largest absolute Gasteiger partial charge is 0.493 e. The molecule has 0 radical (unpaired) electrons. The van der Waals surface area contributed by atoms with Crippen LogP contribution in [0.15, 0.2) is 36.4 Å². The summed E-state index contributed by atoms with van der Waals surface area (Å²) < 4.78 is 5.72. The van der Waals surface area contributed by atoms with E-state index in [0.717, 1.165) is 35.1 Å². The van der Waals surface area contributed by atoms with Gasteiger partial charge in [0, 0.05) is 5.39 Å². The molecule has 0 aromatic heterocycles. The fraction of sp³-hybridized carbons (Fsp3) is 0.333. The Labute approximate surface area is 102 Å². The molecule has 0 spiro atoms.